The van der Waals surface area contributed by atoms with Crippen molar-refractivity contribution in [3.8, 4) is 11.4 Å². The van der Waals surface area contributed by atoms with Crippen LogP contribution in [0.4, 0.5) is 0 Å². The van der Waals surface area contributed by atoms with Gasteiger partial charge in [0.1, 0.15) is 0 Å². The summed E-state index contributed by atoms with van der Waals surface area (Å²) in [7, 11) is 5.34. The van der Waals surface area contributed by atoms with Gasteiger partial charge in [-0.05, 0) is 17.4 Å². The molecule has 0 bridgehead atoms. The number of nitrogens with zero attached hydrogens (tertiary/aromatic N) is 7. The highest BCUT2D eigenvalue weighted by Crippen LogP contribution is 2.27. The zero-order valence-electron chi connectivity index (χ0n) is 19.9. The van der Waals surface area contributed by atoms with Crippen molar-refractivity contribution in [2.24, 2.45) is 21.1 Å². The fourth-order valence-electron chi connectivity index (χ4n) is 3.79. The van der Waals surface area contributed by atoms with E-state index in [4.69, 9.17) is 0 Å². The van der Waals surface area contributed by atoms with Crippen molar-refractivity contribution in [1.29, 1.82) is 0 Å². The third-order valence-electron chi connectivity index (χ3n) is 5.80. The minimum Gasteiger partial charge on any atom is -0.328 e. The highest BCUT2D eigenvalue weighted by molar-refractivity contribution is 7.99. The number of aryl methyl sites for hydroxylation is 2. The Hall–Kier alpha value is -3.14. The molecular weight excluding hydrogens is 438 g/mol. The molecule has 0 aliphatic rings. The van der Waals surface area contributed by atoms with Crippen LogP contribution in [0.1, 0.15) is 32.8 Å². The van der Waals surface area contributed by atoms with Crippen molar-refractivity contribution >= 4 is 22.9 Å². The molecule has 1 aromatic carbocycles. The molecule has 4 rings (SSSR count). The maximum Gasteiger partial charge on any atom is 0.332 e. The molecule has 3 heterocycles. The predicted octanol–water partition coefficient (Wildman–Crippen LogP) is 2.71. The number of hydrogen-bond acceptors (Lipinski definition) is 6. The van der Waals surface area contributed by atoms with Crippen molar-refractivity contribution in [3.63, 3.8) is 0 Å². The number of fused-ring (bicyclic) bond motifs is 1. The van der Waals surface area contributed by atoms with E-state index in [2.05, 4.69) is 60.2 Å². The van der Waals surface area contributed by atoms with Crippen LogP contribution in [-0.2, 0) is 33.1 Å². The van der Waals surface area contributed by atoms with Gasteiger partial charge in [-0.25, -0.2) is 9.78 Å². The molecule has 0 N–H and O–H groups in total. The molecule has 10 heteroatoms. The second-order valence-electron chi connectivity index (χ2n) is 9.22. The first-order valence-electron chi connectivity index (χ1n) is 10.8. The summed E-state index contributed by atoms with van der Waals surface area (Å²) in [5, 5.41) is 9.50. The highest BCUT2D eigenvalue weighted by Gasteiger charge is 2.17. The first-order valence-corrected chi connectivity index (χ1v) is 11.8. The van der Waals surface area contributed by atoms with Crippen LogP contribution in [0.2, 0.25) is 0 Å². The maximum absolute atomic E-state index is 12.8. The van der Waals surface area contributed by atoms with Crippen LogP contribution < -0.4 is 11.2 Å². The molecular formula is C23H29N7O2S. The van der Waals surface area contributed by atoms with Crippen LogP contribution in [0.3, 0.4) is 0 Å². The first kappa shape index (κ1) is 23.0. The highest BCUT2D eigenvalue weighted by atomic mass is 32.2. The average molecular weight is 468 g/mol. The lowest BCUT2D eigenvalue weighted by molar-refractivity contribution is 0.590. The lowest BCUT2D eigenvalue weighted by Crippen LogP contribution is -2.39. The Morgan fingerprint density at radius 2 is 1.67 bits per heavy atom. The summed E-state index contributed by atoms with van der Waals surface area (Å²) in [5.41, 5.74) is 2.57. The van der Waals surface area contributed by atoms with Gasteiger partial charge < -0.3 is 9.13 Å². The van der Waals surface area contributed by atoms with Crippen LogP contribution in [0.25, 0.3) is 22.6 Å². The van der Waals surface area contributed by atoms with Gasteiger partial charge in [0.15, 0.2) is 22.1 Å². The summed E-state index contributed by atoms with van der Waals surface area (Å²) >= 11 is 1.56. The Bertz CT molecular complexity index is 1420. The van der Waals surface area contributed by atoms with E-state index >= 15 is 0 Å². The summed E-state index contributed by atoms with van der Waals surface area (Å²) in [6.45, 7) is 6.91. The molecule has 0 saturated heterocycles. The van der Waals surface area contributed by atoms with Gasteiger partial charge in [0, 0.05) is 39.0 Å². The fraction of sp³-hybridized carbons (Fsp3) is 0.435. The Balaban J connectivity index is 1.45. The molecule has 0 amide bonds. The van der Waals surface area contributed by atoms with E-state index in [1.165, 1.54) is 14.7 Å². The van der Waals surface area contributed by atoms with E-state index in [0.29, 0.717) is 29.9 Å². The van der Waals surface area contributed by atoms with Crippen LogP contribution in [0, 0.1) is 0 Å². The van der Waals surface area contributed by atoms with Crippen molar-refractivity contribution in [3.05, 3.63) is 57.0 Å². The van der Waals surface area contributed by atoms with E-state index in [-0.39, 0.29) is 16.7 Å². The molecule has 0 spiro atoms. The van der Waals surface area contributed by atoms with E-state index < -0.39 is 0 Å². The molecule has 0 atom stereocenters. The lowest BCUT2D eigenvalue weighted by atomic mass is 9.87. The molecule has 0 fully saturated rings. The van der Waals surface area contributed by atoms with Gasteiger partial charge in [-0.1, -0.05) is 56.8 Å². The van der Waals surface area contributed by atoms with Crippen molar-refractivity contribution < 1.29 is 0 Å². The smallest absolute Gasteiger partial charge is 0.328 e. The van der Waals surface area contributed by atoms with Crippen LogP contribution in [0.15, 0.2) is 45.3 Å². The molecule has 3 aromatic heterocycles. The second-order valence-corrected chi connectivity index (χ2v) is 10.3. The van der Waals surface area contributed by atoms with Gasteiger partial charge in [-0.3, -0.25) is 13.9 Å². The topological polar surface area (TPSA) is 92.5 Å². The SMILES string of the molecule is Cn1c(SCCCn2c(=O)c3c(ncn3C)n(C)c2=O)nnc1-c1ccc(C(C)(C)C)cc1. The summed E-state index contributed by atoms with van der Waals surface area (Å²) in [5.74, 6) is 1.51. The molecule has 0 unspecified atom stereocenters. The number of rotatable bonds is 6. The molecule has 4 aromatic rings. The summed E-state index contributed by atoms with van der Waals surface area (Å²) in [6.07, 6.45) is 2.19. The zero-order chi connectivity index (χ0) is 23.9. The van der Waals surface area contributed by atoms with E-state index in [9.17, 15) is 9.59 Å². The number of benzene rings is 1. The zero-order valence-corrected chi connectivity index (χ0v) is 20.7. The van der Waals surface area contributed by atoms with Crippen molar-refractivity contribution in [2.75, 3.05) is 5.75 Å². The summed E-state index contributed by atoms with van der Waals surface area (Å²) in [6, 6.07) is 8.42. The molecule has 0 aliphatic carbocycles. The third kappa shape index (κ3) is 4.27. The van der Waals surface area contributed by atoms with Gasteiger partial charge in [0.25, 0.3) is 5.56 Å². The normalized spacial score (nSPS) is 12.1. The lowest BCUT2D eigenvalue weighted by Gasteiger charge is -2.19. The Kier molecular flexibility index (Phi) is 6.04. The molecule has 0 saturated carbocycles. The third-order valence-corrected chi connectivity index (χ3v) is 6.91. The monoisotopic (exact) mass is 467 g/mol. The van der Waals surface area contributed by atoms with E-state index in [1.807, 2.05) is 11.6 Å². The minimum atomic E-state index is -0.351. The van der Waals surface area contributed by atoms with Crippen LogP contribution in [-0.4, -0.2) is 39.2 Å². The molecule has 174 valence electrons. The number of thioether (sulfide) groups is 1. The molecule has 0 radical (unpaired) electrons. The summed E-state index contributed by atoms with van der Waals surface area (Å²) < 4.78 is 6.33. The largest absolute Gasteiger partial charge is 0.332 e. The quantitative estimate of drug-likeness (QED) is 0.320. The first-order chi connectivity index (χ1) is 15.6. The van der Waals surface area contributed by atoms with Gasteiger partial charge in [-0.15, -0.1) is 10.2 Å². The van der Waals surface area contributed by atoms with Crippen LogP contribution in [0.5, 0.6) is 0 Å². The molecule has 0 aliphatic heterocycles. The molecule has 33 heavy (non-hydrogen) atoms. The van der Waals surface area contributed by atoms with E-state index in [0.717, 1.165) is 16.5 Å². The Labute approximate surface area is 196 Å². The average Bonchev–Trinajstić information content (AvgIpc) is 3.34. The van der Waals surface area contributed by atoms with Crippen molar-refractivity contribution in [1.82, 2.24) is 33.4 Å². The fourth-order valence-corrected chi connectivity index (χ4v) is 4.63. The maximum atomic E-state index is 12.8. The predicted molar refractivity (Wildman–Crippen MR) is 131 cm³/mol. The van der Waals surface area contributed by atoms with Crippen molar-refractivity contribution in [2.45, 2.75) is 44.3 Å². The van der Waals surface area contributed by atoms with Gasteiger partial charge in [-0.2, -0.15) is 0 Å². The second kappa shape index (κ2) is 8.66. The Morgan fingerprint density at radius 1 is 0.970 bits per heavy atom. The number of aromatic nitrogens is 7. The number of imidazole rings is 1. The number of hydrogen-bond donors (Lipinski definition) is 0. The molecule has 9 nitrogen and oxygen atoms in total. The van der Waals surface area contributed by atoms with Crippen LogP contribution >= 0.6 is 11.8 Å². The standard InChI is InChI=1S/C23H29N7O2S/c1-23(2,3)16-10-8-15(9-11-16)18-25-26-21(28(18)5)33-13-7-12-30-20(31)17-19(24-14-27(17)4)29(6)22(30)32/h8-11,14H,7,12-13H2,1-6H3. The van der Waals surface area contributed by atoms with E-state index in [1.54, 1.807) is 36.8 Å². The van der Waals surface area contributed by atoms with Gasteiger partial charge >= 0.3 is 5.69 Å². The van der Waals surface area contributed by atoms with Gasteiger partial charge in [0.05, 0.1) is 6.33 Å². The summed E-state index contributed by atoms with van der Waals surface area (Å²) in [4.78, 5) is 29.6. The Morgan fingerprint density at radius 3 is 2.33 bits per heavy atom. The minimum absolute atomic E-state index is 0.101. The van der Waals surface area contributed by atoms with Gasteiger partial charge in [0.2, 0.25) is 0 Å².